The third-order valence-corrected chi connectivity index (χ3v) is 5.14. The smallest absolute Gasteiger partial charge is 0.416 e. The largest absolute Gasteiger partial charge is 0.463 e. The molecule has 1 saturated heterocycles. The predicted molar refractivity (Wildman–Crippen MR) is 102 cm³/mol. The zero-order chi connectivity index (χ0) is 20.4. The van der Waals surface area contributed by atoms with Crippen LogP contribution in [0.15, 0.2) is 72.5 Å². The first-order valence-electron chi connectivity index (χ1n) is 9.23. The van der Waals surface area contributed by atoms with E-state index in [4.69, 9.17) is 18.9 Å². The second kappa shape index (κ2) is 7.60. The molecule has 0 saturated carbocycles. The molecule has 0 radical (unpaired) electrons. The van der Waals surface area contributed by atoms with E-state index in [9.17, 15) is 9.59 Å². The van der Waals surface area contributed by atoms with Gasteiger partial charge >= 0.3 is 18.0 Å². The number of nitrogens with zero attached hydrogens (tertiary/aromatic N) is 1. The molecule has 29 heavy (non-hydrogen) atoms. The average molecular weight is 395 g/mol. The van der Waals surface area contributed by atoms with Crippen molar-refractivity contribution in [2.45, 2.75) is 24.5 Å². The SMILES string of the molecule is COC(=O)C1=CCC2N(C(c3ccccc3)c3ccccc3)C(=O)OC2(OC)O1. The predicted octanol–water partition coefficient (Wildman–Crippen LogP) is 3.37. The molecule has 2 atom stereocenters. The number of hydrogen-bond acceptors (Lipinski definition) is 6. The Morgan fingerprint density at radius 3 is 2.14 bits per heavy atom. The number of carbonyl (C=O) groups excluding carboxylic acids is 2. The van der Waals surface area contributed by atoms with Gasteiger partial charge in [0.1, 0.15) is 6.04 Å². The monoisotopic (exact) mass is 395 g/mol. The highest BCUT2D eigenvalue weighted by molar-refractivity contribution is 5.86. The van der Waals surface area contributed by atoms with Gasteiger partial charge in [0.25, 0.3) is 0 Å². The number of rotatable bonds is 5. The fourth-order valence-corrected chi connectivity index (χ4v) is 3.81. The van der Waals surface area contributed by atoms with Crippen LogP contribution >= 0.6 is 0 Å². The van der Waals surface area contributed by atoms with E-state index in [0.717, 1.165) is 11.1 Å². The van der Waals surface area contributed by atoms with Crippen molar-refractivity contribution in [3.8, 4) is 0 Å². The Kier molecular flexibility index (Phi) is 4.98. The summed E-state index contributed by atoms with van der Waals surface area (Å²) in [6.07, 6.45) is 1.31. The van der Waals surface area contributed by atoms with Crippen molar-refractivity contribution in [1.82, 2.24) is 4.90 Å². The number of fused-ring (bicyclic) bond motifs is 1. The van der Waals surface area contributed by atoms with E-state index in [2.05, 4.69) is 0 Å². The van der Waals surface area contributed by atoms with Crippen LogP contribution in [0.3, 0.4) is 0 Å². The van der Waals surface area contributed by atoms with Gasteiger partial charge in [0.2, 0.25) is 5.76 Å². The van der Waals surface area contributed by atoms with E-state index in [1.165, 1.54) is 14.2 Å². The lowest BCUT2D eigenvalue weighted by molar-refractivity contribution is -0.331. The van der Waals surface area contributed by atoms with Crippen LogP contribution < -0.4 is 0 Å². The minimum atomic E-state index is -1.73. The van der Waals surface area contributed by atoms with E-state index in [1.54, 1.807) is 11.0 Å². The fraction of sp³-hybridized carbons (Fsp3) is 0.273. The first-order chi connectivity index (χ1) is 14.1. The Labute approximate surface area is 168 Å². The first-order valence-corrected chi connectivity index (χ1v) is 9.23. The number of amides is 1. The lowest BCUT2D eigenvalue weighted by atomic mass is 9.94. The van der Waals surface area contributed by atoms with E-state index >= 15 is 0 Å². The lowest BCUT2D eigenvalue weighted by Gasteiger charge is -2.38. The molecule has 0 spiro atoms. The lowest BCUT2D eigenvalue weighted by Crippen LogP contribution is -2.52. The van der Waals surface area contributed by atoms with Gasteiger partial charge in [0.05, 0.1) is 13.2 Å². The van der Waals surface area contributed by atoms with E-state index in [-0.39, 0.29) is 5.76 Å². The fourth-order valence-electron chi connectivity index (χ4n) is 3.81. The summed E-state index contributed by atoms with van der Waals surface area (Å²) < 4.78 is 21.5. The van der Waals surface area contributed by atoms with Gasteiger partial charge in [-0.05, 0) is 17.2 Å². The molecule has 7 heteroatoms. The summed E-state index contributed by atoms with van der Waals surface area (Å²) in [6.45, 7) is 0. The van der Waals surface area contributed by atoms with Crippen molar-refractivity contribution in [2.24, 2.45) is 0 Å². The van der Waals surface area contributed by atoms with Crippen molar-refractivity contribution in [2.75, 3.05) is 14.2 Å². The van der Waals surface area contributed by atoms with Crippen molar-refractivity contribution in [3.63, 3.8) is 0 Å². The molecule has 2 aliphatic rings. The third kappa shape index (κ3) is 3.23. The Morgan fingerprint density at radius 2 is 1.62 bits per heavy atom. The summed E-state index contributed by atoms with van der Waals surface area (Å²) in [5, 5.41) is 0. The molecular formula is C22H21NO6. The van der Waals surface area contributed by atoms with Gasteiger partial charge in [-0.25, -0.2) is 9.59 Å². The van der Waals surface area contributed by atoms with Gasteiger partial charge < -0.3 is 18.9 Å². The zero-order valence-corrected chi connectivity index (χ0v) is 16.1. The molecule has 1 fully saturated rings. The first kappa shape index (κ1) is 19.0. The summed E-state index contributed by atoms with van der Waals surface area (Å²) in [4.78, 5) is 26.6. The summed E-state index contributed by atoms with van der Waals surface area (Å²) >= 11 is 0. The van der Waals surface area contributed by atoms with Crippen LogP contribution in [0.4, 0.5) is 4.79 Å². The maximum atomic E-state index is 13.0. The molecule has 7 nitrogen and oxygen atoms in total. The summed E-state index contributed by atoms with van der Waals surface area (Å²) in [6, 6.07) is 18.3. The van der Waals surface area contributed by atoms with Crippen LogP contribution in [-0.4, -0.2) is 43.2 Å². The van der Waals surface area contributed by atoms with Crippen molar-refractivity contribution >= 4 is 12.1 Å². The number of esters is 1. The number of hydrogen-bond donors (Lipinski definition) is 0. The molecule has 0 aromatic heterocycles. The van der Waals surface area contributed by atoms with Gasteiger partial charge in [-0.15, -0.1) is 0 Å². The van der Waals surface area contributed by atoms with Gasteiger partial charge in [0.15, 0.2) is 0 Å². The van der Waals surface area contributed by atoms with Crippen LogP contribution in [0.1, 0.15) is 23.6 Å². The van der Waals surface area contributed by atoms with Crippen molar-refractivity contribution in [3.05, 3.63) is 83.6 Å². The average Bonchev–Trinajstić information content (AvgIpc) is 3.06. The molecule has 1 amide bonds. The molecule has 0 N–H and O–H groups in total. The molecule has 0 aliphatic carbocycles. The minimum absolute atomic E-state index is 0.0452. The van der Waals surface area contributed by atoms with Gasteiger partial charge in [-0.3, -0.25) is 4.90 Å². The molecule has 4 rings (SSSR count). The van der Waals surface area contributed by atoms with Crippen LogP contribution in [0.5, 0.6) is 0 Å². The number of benzene rings is 2. The van der Waals surface area contributed by atoms with E-state index < -0.39 is 30.1 Å². The Hall–Kier alpha value is -3.32. The molecule has 2 aliphatic heterocycles. The molecule has 2 aromatic carbocycles. The molecule has 0 bridgehead atoms. The highest BCUT2D eigenvalue weighted by Gasteiger charge is 2.61. The van der Waals surface area contributed by atoms with E-state index in [0.29, 0.717) is 6.42 Å². The standard InChI is InChI=1S/C22H21NO6/c1-26-20(24)17-13-14-18-22(27-2,28-17)29-21(25)23(18)19(15-9-5-3-6-10-15)16-11-7-4-8-12-16/h3-13,18-19H,14H2,1-2H3. The van der Waals surface area contributed by atoms with Gasteiger partial charge in [0, 0.05) is 13.5 Å². The normalized spacial score (nSPS) is 23.1. The second-order valence-electron chi connectivity index (χ2n) is 6.72. The topological polar surface area (TPSA) is 74.3 Å². The Bertz CT molecular complexity index is 889. The van der Waals surface area contributed by atoms with Crippen LogP contribution in [0.2, 0.25) is 0 Å². The van der Waals surface area contributed by atoms with Crippen LogP contribution in [0, 0.1) is 0 Å². The summed E-state index contributed by atoms with van der Waals surface area (Å²) in [5.41, 5.74) is 1.84. The second-order valence-corrected chi connectivity index (χ2v) is 6.72. The van der Waals surface area contributed by atoms with Crippen LogP contribution in [0.25, 0.3) is 0 Å². The third-order valence-electron chi connectivity index (χ3n) is 5.14. The summed E-state index contributed by atoms with van der Waals surface area (Å²) in [7, 11) is 2.63. The number of methoxy groups -OCH3 is 2. The number of ether oxygens (including phenoxy) is 4. The van der Waals surface area contributed by atoms with Gasteiger partial charge in [-0.1, -0.05) is 60.7 Å². The molecule has 150 valence electrons. The van der Waals surface area contributed by atoms with E-state index in [1.807, 2.05) is 60.7 Å². The minimum Gasteiger partial charge on any atom is -0.463 e. The van der Waals surface area contributed by atoms with Gasteiger partial charge in [-0.2, -0.15) is 0 Å². The molecule has 2 unspecified atom stereocenters. The Morgan fingerprint density at radius 1 is 1.03 bits per heavy atom. The Balaban J connectivity index is 1.79. The highest BCUT2D eigenvalue weighted by atomic mass is 16.9. The molecule has 2 heterocycles. The quantitative estimate of drug-likeness (QED) is 0.723. The molecule has 2 aromatic rings. The van der Waals surface area contributed by atoms with Crippen LogP contribution in [-0.2, 0) is 23.7 Å². The maximum Gasteiger partial charge on any atom is 0.416 e. The van der Waals surface area contributed by atoms with Crippen molar-refractivity contribution in [1.29, 1.82) is 0 Å². The van der Waals surface area contributed by atoms with Crippen molar-refractivity contribution < 1.29 is 28.5 Å². The zero-order valence-electron chi connectivity index (χ0n) is 16.1. The number of carbonyl (C=O) groups is 2. The highest BCUT2D eigenvalue weighted by Crippen LogP contribution is 2.45. The maximum absolute atomic E-state index is 13.0. The molecular weight excluding hydrogens is 374 g/mol. The summed E-state index contributed by atoms with van der Waals surface area (Å²) in [5.74, 6) is -2.43.